The summed E-state index contributed by atoms with van der Waals surface area (Å²) in [5.74, 6) is 1.36. The van der Waals surface area contributed by atoms with Crippen molar-refractivity contribution in [3.8, 4) is 11.1 Å². The van der Waals surface area contributed by atoms with Crippen molar-refractivity contribution in [2.45, 2.75) is 39.8 Å². The maximum absolute atomic E-state index is 6.31. The predicted molar refractivity (Wildman–Crippen MR) is 113 cm³/mol. The molecule has 144 valence electrons. The third-order valence-corrected chi connectivity index (χ3v) is 4.95. The number of anilines is 1. The van der Waals surface area contributed by atoms with Crippen molar-refractivity contribution in [2.24, 2.45) is 0 Å². The highest BCUT2D eigenvalue weighted by Gasteiger charge is 2.17. The maximum Gasteiger partial charge on any atom is 0.152 e. The fourth-order valence-electron chi connectivity index (χ4n) is 3.53. The summed E-state index contributed by atoms with van der Waals surface area (Å²) < 4.78 is 7.90. The molecule has 2 N–H and O–H groups in total. The lowest BCUT2D eigenvalue weighted by Crippen LogP contribution is -2.06. The molecule has 0 aliphatic rings. The molecule has 0 amide bonds. The van der Waals surface area contributed by atoms with Gasteiger partial charge in [-0.05, 0) is 31.0 Å². The van der Waals surface area contributed by atoms with Gasteiger partial charge in [-0.25, -0.2) is 9.97 Å². The van der Waals surface area contributed by atoms with E-state index in [1.165, 1.54) is 0 Å². The number of nitrogens with zero attached hydrogens (tertiary/aromatic N) is 4. The molecule has 0 fully saturated rings. The molecule has 4 rings (SSSR count). The molecule has 0 bridgehead atoms. The van der Waals surface area contributed by atoms with Crippen molar-refractivity contribution >= 4 is 27.8 Å². The molecule has 0 radical (unpaired) electrons. The molecular weight excluding hydrogens is 350 g/mol. The number of nitrogens with two attached hydrogens (primary N) is 1. The van der Waals surface area contributed by atoms with Crippen molar-refractivity contribution < 1.29 is 4.74 Å². The van der Waals surface area contributed by atoms with Crippen LogP contribution in [0.3, 0.4) is 0 Å². The summed E-state index contributed by atoms with van der Waals surface area (Å²) in [6.07, 6.45) is 5.81. The van der Waals surface area contributed by atoms with Gasteiger partial charge in [0.2, 0.25) is 0 Å². The van der Waals surface area contributed by atoms with Crippen LogP contribution in [0.15, 0.2) is 42.7 Å². The van der Waals surface area contributed by atoms with Crippen LogP contribution in [-0.2, 0) is 17.9 Å². The van der Waals surface area contributed by atoms with Gasteiger partial charge in [-0.1, -0.05) is 31.5 Å². The average molecular weight is 375 g/mol. The van der Waals surface area contributed by atoms with Gasteiger partial charge in [-0.2, -0.15) is 0 Å². The van der Waals surface area contributed by atoms with Crippen LogP contribution in [0.5, 0.6) is 0 Å². The van der Waals surface area contributed by atoms with E-state index in [-0.39, 0.29) is 0 Å². The van der Waals surface area contributed by atoms with E-state index in [0.717, 1.165) is 58.3 Å². The van der Waals surface area contributed by atoms with Gasteiger partial charge in [-0.15, -0.1) is 0 Å². The highest BCUT2D eigenvalue weighted by Crippen LogP contribution is 2.32. The zero-order valence-electron chi connectivity index (χ0n) is 16.4. The Labute approximate surface area is 164 Å². The quantitative estimate of drug-likeness (QED) is 0.512. The number of imidazole rings is 1. The lowest BCUT2D eigenvalue weighted by molar-refractivity contribution is 0.126. The van der Waals surface area contributed by atoms with Crippen LogP contribution in [0, 0.1) is 0 Å². The first-order valence-corrected chi connectivity index (χ1v) is 9.79. The summed E-state index contributed by atoms with van der Waals surface area (Å²) in [5.41, 5.74) is 11.1. The van der Waals surface area contributed by atoms with E-state index < -0.39 is 0 Å². The summed E-state index contributed by atoms with van der Waals surface area (Å²) in [5, 5.41) is 1.06. The van der Waals surface area contributed by atoms with Gasteiger partial charge in [0.15, 0.2) is 5.82 Å². The molecule has 0 saturated carbocycles. The Balaban J connectivity index is 1.93. The second-order valence-corrected chi connectivity index (χ2v) is 6.84. The summed E-state index contributed by atoms with van der Waals surface area (Å²) in [4.78, 5) is 13.6. The third kappa shape index (κ3) is 3.31. The van der Waals surface area contributed by atoms with Crippen molar-refractivity contribution in [3.05, 3.63) is 48.5 Å². The van der Waals surface area contributed by atoms with Crippen LogP contribution >= 0.6 is 0 Å². The van der Waals surface area contributed by atoms with Crippen LogP contribution in [0.25, 0.3) is 33.1 Å². The zero-order valence-corrected chi connectivity index (χ0v) is 16.4. The molecule has 0 aliphatic heterocycles. The molecule has 1 aromatic carbocycles. The second-order valence-electron chi connectivity index (χ2n) is 6.84. The Morgan fingerprint density at radius 3 is 2.75 bits per heavy atom. The first-order chi connectivity index (χ1) is 13.7. The van der Waals surface area contributed by atoms with Gasteiger partial charge in [-0.3, -0.25) is 4.98 Å². The van der Waals surface area contributed by atoms with Gasteiger partial charge < -0.3 is 15.0 Å². The van der Waals surface area contributed by atoms with Crippen molar-refractivity contribution in [3.63, 3.8) is 0 Å². The smallest absolute Gasteiger partial charge is 0.152 e. The molecule has 0 aliphatic carbocycles. The number of nitrogen functional groups attached to an aromatic ring is 1. The van der Waals surface area contributed by atoms with Crippen molar-refractivity contribution in [2.75, 3.05) is 12.3 Å². The number of unbranched alkanes of at least 4 members (excludes halogenated alkanes) is 1. The molecule has 3 heterocycles. The summed E-state index contributed by atoms with van der Waals surface area (Å²) in [6, 6.07) is 10.3. The molecule has 0 atom stereocenters. The van der Waals surface area contributed by atoms with E-state index in [9.17, 15) is 0 Å². The zero-order chi connectivity index (χ0) is 19.5. The average Bonchev–Trinajstić information content (AvgIpc) is 3.10. The van der Waals surface area contributed by atoms with Crippen LogP contribution in [-0.4, -0.2) is 26.1 Å². The molecule has 28 heavy (non-hydrogen) atoms. The minimum atomic E-state index is 0.457. The molecule has 3 aromatic heterocycles. The van der Waals surface area contributed by atoms with E-state index in [4.69, 9.17) is 15.5 Å². The molecule has 4 aromatic rings. The van der Waals surface area contributed by atoms with Gasteiger partial charge in [0.05, 0.1) is 11.0 Å². The first kappa shape index (κ1) is 18.4. The van der Waals surface area contributed by atoms with Gasteiger partial charge in [0, 0.05) is 36.5 Å². The summed E-state index contributed by atoms with van der Waals surface area (Å²) in [6.45, 7) is 6.20. The molecule has 0 unspecified atom stereocenters. The molecule has 0 saturated heterocycles. The van der Waals surface area contributed by atoms with E-state index in [1.54, 1.807) is 6.20 Å². The number of ether oxygens (including phenoxy) is 1. The largest absolute Gasteiger partial charge is 0.382 e. The Morgan fingerprint density at radius 2 is 2.00 bits per heavy atom. The Hall–Kier alpha value is -2.99. The highest BCUT2D eigenvalue weighted by atomic mass is 16.5. The first-order valence-electron chi connectivity index (χ1n) is 9.79. The normalized spacial score (nSPS) is 11.5. The standard InChI is InChI=1S/C22H25N5O/c1-3-5-11-27-19(14-28-4-2)26-20-21(27)17-9-8-15(12-18(17)25-22(20)23)16-7-6-10-24-13-16/h6-10,12-13H,3-5,11,14H2,1-2H3,(H2,23,25). The number of aromatic nitrogens is 4. The maximum atomic E-state index is 6.31. The van der Waals surface area contributed by atoms with Crippen LogP contribution < -0.4 is 5.73 Å². The fraction of sp³-hybridized carbons (Fsp3) is 0.318. The van der Waals surface area contributed by atoms with E-state index in [1.807, 2.05) is 25.3 Å². The second kappa shape index (κ2) is 7.94. The monoisotopic (exact) mass is 375 g/mol. The fourth-order valence-corrected chi connectivity index (χ4v) is 3.53. The van der Waals surface area contributed by atoms with E-state index in [0.29, 0.717) is 19.0 Å². The van der Waals surface area contributed by atoms with Crippen LogP contribution in [0.2, 0.25) is 0 Å². The number of benzene rings is 1. The Morgan fingerprint density at radius 1 is 1.11 bits per heavy atom. The summed E-state index contributed by atoms with van der Waals surface area (Å²) in [7, 11) is 0. The van der Waals surface area contributed by atoms with E-state index >= 15 is 0 Å². The minimum absolute atomic E-state index is 0.457. The number of fused-ring (bicyclic) bond motifs is 3. The third-order valence-electron chi connectivity index (χ3n) is 4.95. The summed E-state index contributed by atoms with van der Waals surface area (Å²) >= 11 is 0. The highest BCUT2D eigenvalue weighted by molar-refractivity contribution is 6.07. The number of rotatable bonds is 7. The van der Waals surface area contributed by atoms with Gasteiger partial charge in [0.1, 0.15) is 17.9 Å². The van der Waals surface area contributed by atoms with Crippen LogP contribution in [0.4, 0.5) is 5.82 Å². The predicted octanol–water partition coefficient (Wildman–Crippen LogP) is 4.57. The minimum Gasteiger partial charge on any atom is -0.382 e. The molecule has 6 heteroatoms. The van der Waals surface area contributed by atoms with Gasteiger partial charge in [0.25, 0.3) is 0 Å². The Kier molecular flexibility index (Phi) is 5.21. The lowest BCUT2D eigenvalue weighted by atomic mass is 10.0. The SMILES string of the molecule is CCCCn1c(COCC)nc2c(N)nc3cc(-c4cccnc4)ccc3c21. The number of aryl methyl sites for hydroxylation is 1. The van der Waals surface area contributed by atoms with Crippen molar-refractivity contribution in [1.29, 1.82) is 0 Å². The van der Waals surface area contributed by atoms with E-state index in [2.05, 4.69) is 39.7 Å². The van der Waals surface area contributed by atoms with Crippen LogP contribution in [0.1, 0.15) is 32.5 Å². The van der Waals surface area contributed by atoms with Gasteiger partial charge >= 0.3 is 0 Å². The number of pyridine rings is 2. The Bertz CT molecular complexity index is 1100. The van der Waals surface area contributed by atoms with Crippen molar-refractivity contribution in [1.82, 2.24) is 19.5 Å². The topological polar surface area (TPSA) is 78.9 Å². The molecule has 0 spiro atoms. The number of hydrogen-bond acceptors (Lipinski definition) is 5. The lowest BCUT2D eigenvalue weighted by Gasteiger charge is -2.11. The number of hydrogen-bond donors (Lipinski definition) is 1. The molecular formula is C22H25N5O. The molecule has 6 nitrogen and oxygen atoms in total.